The number of carbonyl (C=O) groups is 1. The molecule has 1 fully saturated rings. The monoisotopic (exact) mass is 401 g/mol. The Labute approximate surface area is 174 Å². The summed E-state index contributed by atoms with van der Waals surface area (Å²) in [5.74, 6) is 0.959. The first-order chi connectivity index (χ1) is 14.7. The Hall–Kier alpha value is -3.45. The molecule has 5 rings (SSSR count). The van der Waals surface area contributed by atoms with E-state index in [1.54, 1.807) is 6.20 Å². The number of ether oxygens (including phenoxy) is 1. The summed E-state index contributed by atoms with van der Waals surface area (Å²) in [4.78, 5) is 24.0. The number of hydrogen-bond donors (Lipinski definition) is 0. The topological polar surface area (TPSA) is 64.7 Å². The smallest absolute Gasteiger partial charge is 0.256 e. The van der Waals surface area contributed by atoms with Gasteiger partial charge in [0.25, 0.3) is 5.91 Å². The molecule has 0 bridgehead atoms. The highest BCUT2D eigenvalue weighted by Crippen LogP contribution is 2.27. The second-order valence-corrected chi connectivity index (χ2v) is 7.47. The Balaban J connectivity index is 1.53. The van der Waals surface area contributed by atoms with Crippen molar-refractivity contribution in [2.24, 2.45) is 0 Å². The molecule has 152 valence electrons. The number of rotatable bonds is 4. The van der Waals surface area contributed by atoms with Crippen LogP contribution >= 0.6 is 0 Å². The highest BCUT2D eigenvalue weighted by molar-refractivity contribution is 6.02. The van der Waals surface area contributed by atoms with Crippen LogP contribution in [0, 0.1) is 6.92 Å². The van der Waals surface area contributed by atoms with E-state index in [1.165, 1.54) is 0 Å². The van der Waals surface area contributed by atoms with Crippen LogP contribution in [0.5, 0.6) is 0 Å². The van der Waals surface area contributed by atoms with Gasteiger partial charge in [0.05, 0.1) is 36.5 Å². The van der Waals surface area contributed by atoms with E-state index in [9.17, 15) is 4.79 Å². The summed E-state index contributed by atoms with van der Waals surface area (Å²) in [7, 11) is 0. The van der Waals surface area contributed by atoms with Gasteiger partial charge in [0.1, 0.15) is 11.5 Å². The van der Waals surface area contributed by atoms with Crippen LogP contribution in [0.2, 0.25) is 0 Å². The van der Waals surface area contributed by atoms with Crippen LogP contribution in [-0.2, 0) is 11.3 Å². The van der Waals surface area contributed by atoms with Gasteiger partial charge >= 0.3 is 0 Å². The summed E-state index contributed by atoms with van der Waals surface area (Å²) in [6, 6.07) is 11.9. The Morgan fingerprint density at radius 1 is 1.17 bits per heavy atom. The Morgan fingerprint density at radius 3 is 2.83 bits per heavy atom. The molecule has 7 nitrogen and oxygen atoms in total. The summed E-state index contributed by atoms with van der Waals surface area (Å²) in [6.07, 6.45) is 7.66. The lowest BCUT2D eigenvalue weighted by Gasteiger charge is -2.26. The molecular weight excluding hydrogens is 378 g/mol. The maximum atomic E-state index is 13.2. The van der Waals surface area contributed by atoms with Gasteiger partial charge in [-0.15, -0.1) is 0 Å². The summed E-state index contributed by atoms with van der Waals surface area (Å²) in [6.45, 7) is 5.12. The number of imidazole rings is 1. The number of pyridine rings is 2. The Morgan fingerprint density at radius 2 is 2.03 bits per heavy atom. The minimum absolute atomic E-state index is 0.0414. The van der Waals surface area contributed by atoms with Crippen molar-refractivity contribution in [3.63, 3.8) is 0 Å². The molecular formula is C23H23N5O2. The minimum atomic E-state index is 0.0414. The van der Waals surface area contributed by atoms with Crippen LogP contribution in [0.25, 0.3) is 16.9 Å². The van der Waals surface area contributed by atoms with Crippen molar-refractivity contribution in [2.75, 3.05) is 26.3 Å². The van der Waals surface area contributed by atoms with E-state index < -0.39 is 0 Å². The van der Waals surface area contributed by atoms with Crippen LogP contribution in [0.4, 0.5) is 0 Å². The fourth-order valence-electron chi connectivity index (χ4n) is 3.94. The fourth-order valence-corrected chi connectivity index (χ4v) is 3.94. The first-order valence-corrected chi connectivity index (χ1v) is 10.1. The maximum Gasteiger partial charge on any atom is 0.256 e. The van der Waals surface area contributed by atoms with Crippen LogP contribution in [0.15, 0.2) is 61.2 Å². The number of morpholine rings is 1. The molecule has 1 aliphatic heterocycles. The van der Waals surface area contributed by atoms with Gasteiger partial charge in [-0.25, -0.2) is 4.98 Å². The van der Waals surface area contributed by atoms with Crippen LogP contribution in [0.3, 0.4) is 0 Å². The molecule has 7 heteroatoms. The zero-order valence-corrected chi connectivity index (χ0v) is 16.9. The number of aromatic nitrogens is 4. The third-order valence-electron chi connectivity index (χ3n) is 5.52. The summed E-state index contributed by atoms with van der Waals surface area (Å²) < 4.78 is 9.55. The molecule has 0 N–H and O–H groups in total. The van der Waals surface area contributed by atoms with E-state index in [4.69, 9.17) is 9.72 Å². The van der Waals surface area contributed by atoms with E-state index in [0.29, 0.717) is 38.4 Å². The fraction of sp³-hybridized carbons (Fsp3) is 0.261. The first kappa shape index (κ1) is 18.6. The van der Waals surface area contributed by atoms with E-state index in [-0.39, 0.29) is 5.91 Å². The van der Waals surface area contributed by atoms with Gasteiger partial charge in [0.2, 0.25) is 0 Å². The molecule has 1 saturated heterocycles. The van der Waals surface area contributed by atoms with Gasteiger partial charge in [0.15, 0.2) is 0 Å². The number of amides is 1. The molecule has 0 aromatic carbocycles. The number of nitrogens with zero attached hydrogens (tertiary/aromatic N) is 5. The second-order valence-electron chi connectivity index (χ2n) is 7.47. The summed E-state index contributed by atoms with van der Waals surface area (Å²) in [5, 5.41) is 0. The molecule has 0 aliphatic carbocycles. The third kappa shape index (κ3) is 3.37. The van der Waals surface area contributed by atoms with Gasteiger partial charge in [-0.2, -0.15) is 0 Å². The summed E-state index contributed by atoms with van der Waals surface area (Å²) in [5.41, 5.74) is 4.47. The molecule has 0 saturated carbocycles. The number of aryl methyl sites for hydroxylation is 1. The lowest BCUT2D eigenvalue weighted by molar-refractivity contribution is 0.0304. The predicted octanol–water partition coefficient (Wildman–Crippen LogP) is 3.03. The van der Waals surface area contributed by atoms with Gasteiger partial charge < -0.3 is 18.6 Å². The lowest BCUT2D eigenvalue weighted by Crippen LogP contribution is -2.40. The number of fused-ring (bicyclic) bond motifs is 1. The van der Waals surface area contributed by atoms with Gasteiger partial charge in [-0.1, -0.05) is 12.1 Å². The average Bonchev–Trinajstić information content (AvgIpc) is 3.35. The second kappa shape index (κ2) is 7.76. The van der Waals surface area contributed by atoms with Crippen molar-refractivity contribution in [1.29, 1.82) is 0 Å². The molecule has 0 radical (unpaired) electrons. The lowest BCUT2D eigenvalue weighted by atomic mass is 10.2. The predicted molar refractivity (Wildman–Crippen MR) is 113 cm³/mol. The van der Waals surface area contributed by atoms with Crippen LogP contribution < -0.4 is 0 Å². The quantitative estimate of drug-likeness (QED) is 0.527. The molecule has 4 aromatic heterocycles. The van der Waals surface area contributed by atoms with Crippen molar-refractivity contribution >= 4 is 11.4 Å². The molecule has 1 amide bonds. The zero-order valence-electron chi connectivity index (χ0n) is 16.9. The first-order valence-electron chi connectivity index (χ1n) is 10.1. The van der Waals surface area contributed by atoms with Crippen molar-refractivity contribution in [3.8, 4) is 11.4 Å². The maximum absolute atomic E-state index is 13.2. The molecule has 0 unspecified atom stereocenters. The third-order valence-corrected chi connectivity index (χ3v) is 5.52. The number of hydrogen-bond acceptors (Lipinski definition) is 4. The molecule has 30 heavy (non-hydrogen) atoms. The van der Waals surface area contributed by atoms with Crippen molar-refractivity contribution in [3.05, 3.63) is 78.1 Å². The van der Waals surface area contributed by atoms with Gasteiger partial charge in [-0.05, 0) is 36.8 Å². The van der Waals surface area contributed by atoms with Crippen molar-refractivity contribution < 1.29 is 9.53 Å². The average molecular weight is 401 g/mol. The van der Waals surface area contributed by atoms with E-state index in [1.807, 2.05) is 65.1 Å². The molecule has 1 aliphatic rings. The standard InChI is InChI=1S/C23H23N5O2/c1-17-25-20(16-27(17)15-18-5-4-7-24-14-18)22-13-19(21-6-2-3-8-28(21)22)23(29)26-9-11-30-12-10-26/h2-8,13-14,16H,9-12,15H2,1H3. The SMILES string of the molecule is Cc1nc(-c2cc(C(=O)N3CCOCC3)c3ccccn23)cn1Cc1cccnc1. The normalized spacial score (nSPS) is 14.4. The molecule has 0 atom stereocenters. The van der Waals surface area contributed by atoms with E-state index in [0.717, 1.165) is 28.3 Å². The summed E-state index contributed by atoms with van der Waals surface area (Å²) >= 11 is 0. The molecule has 5 heterocycles. The molecule has 4 aromatic rings. The van der Waals surface area contributed by atoms with Crippen LogP contribution in [0.1, 0.15) is 21.7 Å². The van der Waals surface area contributed by atoms with Crippen molar-refractivity contribution in [1.82, 2.24) is 23.8 Å². The van der Waals surface area contributed by atoms with Crippen LogP contribution in [-0.4, -0.2) is 56.0 Å². The molecule has 0 spiro atoms. The highest BCUT2D eigenvalue weighted by atomic mass is 16.5. The minimum Gasteiger partial charge on any atom is -0.378 e. The van der Waals surface area contributed by atoms with Crippen molar-refractivity contribution in [2.45, 2.75) is 13.5 Å². The largest absolute Gasteiger partial charge is 0.378 e. The number of carbonyl (C=O) groups excluding carboxylic acids is 1. The highest BCUT2D eigenvalue weighted by Gasteiger charge is 2.24. The Bertz CT molecular complexity index is 1190. The van der Waals surface area contributed by atoms with E-state index >= 15 is 0 Å². The Kier molecular flexibility index (Phi) is 4.80. The van der Waals surface area contributed by atoms with Gasteiger partial charge in [-0.3, -0.25) is 9.78 Å². The van der Waals surface area contributed by atoms with E-state index in [2.05, 4.69) is 15.6 Å². The van der Waals surface area contributed by atoms with Gasteiger partial charge in [0, 0.05) is 37.9 Å². The zero-order chi connectivity index (χ0) is 20.5.